The molecule has 3 rings (SSSR count). The van der Waals surface area contributed by atoms with E-state index in [0.717, 1.165) is 6.07 Å². The van der Waals surface area contributed by atoms with E-state index in [4.69, 9.17) is 11.6 Å². The number of nitrogens with one attached hydrogen (secondary N) is 2. The Balaban J connectivity index is 1.99. The number of thiophene rings is 1. The fourth-order valence-corrected chi connectivity index (χ4v) is 4.80. The van der Waals surface area contributed by atoms with E-state index >= 15 is 4.39 Å². The van der Waals surface area contributed by atoms with Crippen molar-refractivity contribution in [3.8, 4) is 5.75 Å². The van der Waals surface area contributed by atoms with Gasteiger partial charge in [-0.25, -0.2) is 8.78 Å². The Kier molecular flexibility index (Phi) is 9.02. The fraction of sp³-hybridized carbons (Fsp3) is 0.227. The molecule has 2 aromatic carbocycles. The highest BCUT2D eigenvalue weighted by molar-refractivity contribution is 9.10. The average Bonchev–Trinajstić information content (AvgIpc) is 3.22. The van der Waals surface area contributed by atoms with Gasteiger partial charge in [-0.15, -0.1) is 11.3 Å². The largest absolute Gasteiger partial charge is 0.435 e. The van der Waals surface area contributed by atoms with Crippen LogP contribution in [0.25, 0.3) is 0 Å². The van der Waals surface area contributed by atoms with E-state index < -0.39 is 63.4 Å². The molecule has 0 atom stereocenters. The zero-order valence-corrected chi connectivity index (χ0v) is 21.7. The molecule has 2 N–H and O–H groups in total. The highest BCUT2D eigenvalue weighted by atomic mass is 79.9. The molecule has 1 aromatic heterocycles. The summed E-state index contributed by atoms with van der Waals surface area (Å²) in [6, 6.07) is 6.41. The summed E-state index contributed by atoms with van der Waals surface area (Å²) in [5, 5.41) is 4.60. The Morgan fingerprint density at radius 3 is 2.21 bits per heavy atom. The van der Waals surface area contributed by atoms with Crippen molar-refractivity contribution in [2.75, 3.05) is 10.6 Å². The maximum Gasteiger partial charge on any atom is 0.435 e. The SMILES string of the molecule is O=C(Nc1c(Br)cc(C(F)(C(F)(F)F)C(F)(F)F)cc1OC(F)F)c1cccc(NCc2ccc(Cl)s2)c1F. The maximum atomic E-state index is 15.0. The van der Waals surface area contributed by atoms with Gasteiger partial charge in [-0.3, -0.25) is 4.79 Å². The van der Waals surface area contributed by atoms with E-state index in [9.17, 15) is 44.3 Å². The molecule has 4 nitrogen and oxygen atoms in total. The van der Waals surface area contributed by atoms with Gasteiger partial charge in [-0.2, -0.15) is 35.1 Å². The van der Waals surface area contributed by atoms with Gasteiger partial charge < -0.3 is 15.4 Å². The molecular weight excluding hydrogens is 662 g/mol. The first-order chi connectivity index (χ1) is 18.0. The van der Waals surface area contributed by atoms with Crippen LogP contribution in [-0.4, -0.2) is 24.9 Å². The maximum absolute atomic E-state index is 15.0. The van der Waals surface area contributed by atoms with Crippen molar-refractivity contribution in [2.45, 2.75) is 31.2 Å². The quantitative estimate of drug-likeness (QED) is 0.235. The second-order valence-electron chi connectivity index (χ2n) is 7.54. The van der Waals surface area contributed by atoms with Crippen molar-refractivity contribution in [3.05, 3.63) is 73.1 Å². The smallest absolute Gasteiger partial charge is 0.433 e. The summed E-state index contributed by atoms with van der Waals surface area (Å²) in [5.74, 6) is -3.93. The standard InChI is InChI=1S/C22H12BrClF10N2O2S/c23-12-6-9(20(28,21(29,30)31)22(32,33)34)7-14(38-19(26)27)17(12)36-18(37)11-2-1-3-13(16(11)25)35-8-10-4-5-15(24)39-10/h1-7,19,35H,8H2,(H,36,37). The summed E-state index contributed by atoms with van der Waals surface area (Å²) in [5.41, 5.74) is -9.92. The number of alkyl halides is 9. The van der Waals surface area contributed by atoms with Gasteiger partial charge in [0.05, 0.1) is 21.3 Å². The molecule has 212 valence electrons. The van der Waals surface area contributed by atoms with E-state index in [1.54, 1.807) is 12.1 Å². The summed E-state index contributed by atoms with van der Waals surface area (Å²) in [7, 11) is 0. The van der Waals surface area contributed by atoms with Crippen LogP contribution in [0, 0.1) is 5.82 Å². The zero-order chi connectivity index (χ0) is 29.3. The van der Waals surface area contributed by atoms with E-state index in [1.807, 2.05) is 5.32 Å². The Morgan fingerprint density at radius 1 is 1.03 bits per heavy atom. The molecule has 0 saturated carbocycles. The van der Waals surface area contributed by atoms with Crippen LogP contribution in [0.15, 0.2) is 46.9 Å². The Labute approximate surface area is 230 Å². The van der Waals surface area contributed by atoms with Crippen LogP contribution >= 0.6 is 38.9 Å². The summed E-state index contributed by atoms with van der Waals surface area (Å²) in [6.45, 7) is -3.72. The van der Waals surface area contributed by atoms with Crippen molar-refractivity contribution in [1.29, 1.82) is 0 Å². The summed E-state index contributed by atoms with van der Waals surface area (Å²) in [4.78, 5) is 13.5. The predicted octanol–water partition coefficient (Wildman–Crippen LogP) is 9.06. The number of amides is 1. The highest BCUT2D eigenvalue weighted by Gasteiger charge is 2.73. The van der Waals surface area contributed by atoms with Crippen LogP contribution in [0.2, 0.25) is 4.34 Å². The lowest BCUT2D eigenvalue weighted by atomic mass is 9.93. The number of benzene rings is 2. The van der Waals surface area contributed by atoms with Crippen molar-refractivity contribution in [3.63, 3.8) is 0 Å². The minimum absolute atomic E-state index is 0.0184. The Bertz CT molecular complexity index is 1350. The molecule has 0 radical (unpaired) electrons. The van der Waals surface area contributed by atoms with Crippen molar-refractivity contribution >= 4 is 56.1 Å². The van der Waals surface area contributed by atoms with Crippen molar-refractivity contribution < 1.29 is 53.4 Å². The molecule has 1 heterocycles. The van der Waals surface area contributed by atoms with Crippen LogP contribution < -0.4 is 15.4 Å². The minimum Gasteiger partial charge on any atom is -0.433 e. The van der Waals surface area contributed by atoms with Crippen LogP contribution in [0.4, 0.5) is 55.3 Å². The molecule has 0 unspecified atom stereocenters. The van der Waals surface area contributed by atoms with Crippen molar-refractivity contribution in [1.82, 2.24) is 0 Å². The number of hydrogen-bond acceptors (Lipinski definition) is 4. The second-order valence-corrected chi connectivity index (χ2v) is 10.2. The normalized spacial score (nSPS) is 12.5. The number of halogens is 12. The van der Waals surface area contributed by atoms with E-state index in [-0.39, 0.29) is 24.4 Å². The molecule has 0 fully saturated rings. The molecule has 0 aliphatic heterocycles. The Morgan fingerprint density at radius 2 is 1.67 bits per heavy atom. The summed E-state index contributed by atoms with van der Waals surface area (Å²) >= 11 is 9.56. The first-order valence-corrected chi connectivity index (χ1v) is 12.1. The second kappa shape index (κ2) is 11.4. The monoisotopic (exact) mass is 672 g/mol. The molecule has 0 aliphatic carbocycles. The van der Waals surface area contributed by atoms with Gasteiger partial charge in [0.2, 0.25) is 0 Å². The van der Waals surface area contributed by atoms with Crippen LogP contribution in [0.5, 0.6) is 5.75 Å². The van der Waals surface area contributed by atoms with E-state index in [2.05, 4.69) is 26.0 Å². The number of ether oxygens (including phenoxy) is 1. The third kappa shape index (κ3) is 6.54. The lowest BCUT2D eigenvalue weighted by Crippen LogP contribution is -2.50. The third-order valence-electron chi connectivity index (χ3n) is 5.01. The van der Waals surface area contributed by atoms with E-state index in [0.29, 0.717) is 9.21 Å². The minimum atomic E-state index is -6.55. The molecule has 0 saturated heterocycles. The number of anilines is 2. The van der Waals surface area contributed by atoms with Crippen LogP contribution in [-0.2, 0) is 12.2 Å². The molecule has 0 bridgehead atoms. The molecule has 17 heteroatoms. The van der Waals surface area contributed by atoms with Gasteiger partial charge in [-0.1, -0.05) is 17.7 Å². The van der Waals surface area contributed by atoms with Crippen LogP contribution in [0.1, 0.15) is 20.8 Å². The number of carbonyl (C=O) groups is 1. The predicted molar refractivity (Wildman–Crippen MR) is 127 cm³/mol. The first kappa shape index (κ1) is 30.8. The van der Waals surface area contributed by atoms with Gasteiger partial charge in [0, 0.05) is 21.5 Å². The number of hydrogen-bond donors (Lipinski definition) is 2. The van der Waals surface area contributed by atoms with Gasteiger partial charge in [0.15, 0.2) is 11.6 Å². The topological polar surface area (TPSA) is 50.4 Å². The number of rotatable bonds is 8. The Hall–Kier alpha value is -2.72. The van der Waals surface area contributed by atoms with Crippen LogP contribution in [0.3, 0.4) is 0 Å². The summed E-state index contributed by atoms with van der Waals surface area (Å²) < 4.78 is 138. The highest BCUT2D eigenvalue weighted by Crippen LogP contribution is 2.55. The zero-order valence-electron chi connectivity index (χ0n) is 18.6. The van der Waals surface area contributed by atoms with Gasteiger partial charge in [0.1, 0.15) is 0 Å². The molecule has 1 amide bonds. The molecule has 0 aliphatic rings. The van der Waals surface area contributed by atoms with Crippen molar-refractivity contribution in [2.24, 2.45) is 0 Å². The van der Waals surface area contributed by atoms with Gasteiger partial charge in [-0.05, 0) is 52.3 Å². The van der Waals surface area contributed by atoms with Gasteiger partial charge in [0.25, 0.3) is 5.91 Å². The first-order valence-electron chi connectivity index (χ1n) is 10.1. The van der Waals surface area contributed by atoms with E-state index in [1.165, 1.54) is 23.5 Å². The average molecular weight is 674 g/mol. The molecule has 39 heavy (non-hydrogen) atoms. The molecule has 0 spiro atoms. The lowest BCUT2D eigenvalue weighted by molar-refractivity contribution is -0.348. The molecular formula is C22H12BrClF10N2O2S. The summed E-state index contributed by atoms with van der Waals surface area (Å²) in [6.07, 6.45) is -13.1. The molecule has 3 aromatic rings. The number of carbonyl (C=O) groups excluding carboxylic acids is 1. The third-order valence-corrected chi connectivity index (χ3v) is 6.87. The van der Waals surface area contributed by atoms with Gasteiger partial charge >= 0.3 is 24.6 Å². The lowest BCUT2D eigenvalue weighted by Gasteiger charge is -2.31. The fourth-order valence-electron chi connectivity index (χ4n) is 3.23.